The maximum absolute atomic E-state index is 5.90. The molecule has 25 heavy (non-hydrogen) atoms. The van der Waals surface area contributed by atoms with Crippen molar-refractivity contribution in [1.82, 2.24) is 15.6 Å². The summed E-state index contributed by atoms with van der Waals surface area (Å²) in [5, 5.41) is 6.84. The van der Waals surface area contributed by atoms with Crippen LogP contribution in [-0.2, 0) is 11.3 Å². The Bertz CT molecular complexity index is 565. The molecule has 7 heteroatoms. The van der Waals surface area contributed by atoms with Crippen molar-refractivity contribution in [2.45, 2.75) is 70.9 Å². The van der Waals surface area contributed by atoms with E-state index in [0.717, 1.165) is 30.9 Å². The maximum Gasteiger partial charge on any atom is 0.213 e. The Morgan fingerprint density at radius 1 is 1.40 bits per heavy atom. The van der Waals surface area contributed by atoms with E-state index >= 15 is 0 Å². The molecule has 0 aliphatic carbocycles. The zero-order valence-electron chi connectivity index (χ0n) is 15.2. The molecule has 140 valence electrons. The Balaban J connectivity index is 0.00000225. The van der Waals surface area contributed by atoms with Crippen molar-refractivity contribution in [1.29, 1.82) is 0 Å². The van der Waals surface area contributed by atoms with Crippen molar-refractivity contribution in [2.24, 2.45) is 4.99 Å². The average Bonchev–Trinajstić information content (AvgIpc) is 3.16. The van der Waals surface area contributed by atoms with Crippen LogP contribution >= 0.6 is 24.0 Å². The van der Waals surface area contributed by atoms with Gasteiger partial charge >= 0.3 is 0 Å². The van der Waals surface area contributed by atoms with Gasteiger partial charge in [0, 0.05) is 18.8 Å². The third-order valence-corrected chi connectivity index (χ3v) is 4.35. The molecule has 1 aromatic heterocycles. The molecule has 2 aliphatic rings. The van der Waals surface area contributed by atoms with Crippen molar-refractivity contribution in [3.63, 3.8) is 0 Å². The van der Waals surface area contributed by atoms with E-state index in [1.807, 2.05) is 32.2 Å². The third kappa shape index (κ3) is 5.70. The van der Waals surface area contributed by atoms with Crippen LogP contribution in [0, 0.1) is 0 Å². The average molecular weight is 460 g/mol. The third-order valence-electron chi connectivity index (χ3n) is 4.35. The monoisotopic (exact) mass is 460 g/mol. The summed E-state index contributed by atoms with van der Waals surface area (Å²) in [6, 6.07) is 4.29. The van der Waals surface area contributed by atoms with Gasteiger partial charge in [-0.2, -0.15) is 0 Å². The highest BCUT2D eigenvalue weighted by molar-refractivity contribution is 14.0. The van der Waals surface area contributed by atoms with E-state index in [4.69, 9.17) is 9.47 Å². The number of guanidine groups is 1. The lowest BCUT2D eigenvalue weighted by atomic mass is 9.96. The lowest BCUT2D eigenvalue weighted by Gasteiger charge is -2.22. The lowest BCUT2D eigenvalue weighted by molar-refractivity contribution is 0.0992. The number of aromatic nitrogens is 1. The molecule has 2 N–H and O–H groups in total. The highest BCUT2D eigenvalue weighted by atomic mass is 127. The van der Waals surface area contributed by atoms with Crippen LogP contribution in [0.5, 0.6) is 5.88 Å². The van der Waals surface area contributed by atoms with E-state index in [9.17, 15) is 0 Å². The minimum absolute atomic E-state index is 0. The predicted octanol–water partition coefficient (Wildman–Crippen LogP) is 2.86. The number of aliphatic imine (C=N–C) groups is 1. The van der Waals surface area contributed by atoms with Crippen molar-refractivity contribution in [2.75, 3.05) is 6.54 Å². The molecule has 0 aromatic carbocycles. The first-order valence-corrected chi connectivity index (χ1v) is 8.96. The Labute approximate surface area is 167 Å². The Morgan fingerprint density at radius 3 is 2.80 bits per heavy atom. The summed E-state index contributed by atoms with van der Waals surface area (Å²) in [4.78, 5) is 9.00. The topological polar surface area (TPSA) is 67.8 Å². The van der Waals surface area contributed by atoms with E-state index in [2.05, 4.69) is 27.5 Å². The number of hydrogen-bond acceptors (Lipinski definition) is 4. The number of rotatable bonds is 6. The number of nitrogens with one attached hydrogen (secondary N) is 2. The van der Waals surface area contributed by atoms with Gasteiger partial charge in [-0.1, -0.05) is 6.07 Å². The summed E-state index contributed by atoms with van der Waals surface area (Å²) in [6.45, 7) is 7.49. The molecule has 2 fully saturated rings. The Hall–Kier alpha value is -1.09. The smallest absolute Gasteiger partial charge is 0.213 e. The van der Waals surface area contributed by atoms with E-state index in [0.29, 0.717) is 30.7 Å². The van der Waals surface area contributed by atoms with Gasteiger partial charge in [0.05, 0.1) is 30.9 Å². The lowest BCUT2D eigenvalue weighted by Crippen LogP contribution is -2.47. The van der Waals surface area contributed by atoms with Crippen LogP contribution in [0.3, 0.4) is 0 Å². The second-order valence-electron chi connectivity index (χ2n) is 6.73. The van der Waals surface area contributed by atoms with Gasteiger partial charge in [-0.05, 0) is 45.6 Å². The number of fused-ring (bicyclic) bond motifs is 2. The fraction of sp³-hybridized carbons (Fsp3) is 0.667. The van der Waals surface area contributed by atoms with Gasteiger partial charge in [0.15, 0.2) is 5.96 Å². The van der Waals surface area contributed by atoms with Gasteiger partial charge in [-0.25, -0.2) is 9.98 Å². The standard InChI is InChI=1S/C18H28N4O2.HI/c1-4-19-18(22-15-9-14-6-7-16(15)24-14)21-11-13-5-8-17(20-10-13)23-12(2)3;/h5,8,10,12,14-16H,4,6-7,9,11H2,1-3H3,(H2,19,21,22);1H. The minimum Gasteiger partial charge on any atom is -0.475 e. The van der Waals surface area contributed by atoms with Crippen molar-refractivity contribution < 1.29 is 9.47 Å². The quantitative estimate of drug-likeness (QED) is 0.388. The van der Waals surface area contributed by atoms with Gasteiger partial charge in [0.2, 0.25) is 5.88 Å². The first kappa shape index (κ1) is 20.2. The van der Waals surface area contributed by atoms with E-state index in [1.165, 1.54) is 6.42 Å². The molecule has 0 saturated carbocycles. The molecule has 3 atom stereocenters. The van der Waals surface area contributed by atoms with Crippen LogP contribution in [0.15, 0.2) is 23.3 Å². The fourth-order valence-electron chi connectivity index (χ4n) is 3.27. The molecule has 2 bridgehead atoms. The summed E-state index contributed by atoms with van der Waals surface area (Å²) in [5.41, 5.74) is 1.06. The molecule has 3 unspecified atom stereocenters. The molecule has 3 rings (SSSR count). The highest BCUT2D eigenvalue weighted by Gasteiger charge is 2.41. The molecule has 0 amide bonds. The summed E-state index contributed by atoms with van der Waals surface area (Å²) in [6.07, 6.45) is 6.18. The van der Waals surface area contributed by atoms with Crippen molar-refractivity contribution in [3.8, 4) is 5.88 Å². The van der Waals surface area contributed by atoms with Gasteiger partial charge < -0.3 is 20.1 Å². The van der Waals surface area contributed by atoms with E-state index in [-0.39, 0.29) is 30.1 Å². The number of halogens is 1. The van der Waals surface area contributed by atoms with Gasteiger partial charge in [0.25, 0.3) is 0 Å². The van der Waals surface area contributed by atoms with Crippen LogP contribution in [0.4, 0.5) is 0 Å². The van der Waals surface area contributed by atoms with Crippen molar-refractivity contribution in [3.05, 3.63) is 23.9 Å². The predicted molar refractivity (Wildman–Crippen MR) is 110 cm³/mol. The molecule has 2 saturated heterocycles. The number of pyridine rings is 1. The zero-order chi connectivity index (χ0) is 16.9. The molecule has 1 aromatic rings. The van der Waals surface area contributed by atoms with Crippen LogP contribution in [0.2, 0.25) is 0 Å². The van der Waals surface area contributed by atoms with E-state index in [1.54, 1.807) is 0 Å². The summed E-state index contributed by atoms with van der Waals surface area (Å²) in [5.74, 6) is 1.50. The summed E-state index contributed by atoms with van der Waals surface area (Å²) < 4.78 is 11.5. The largest absolute Gasteiger partial charge is 0.475 e. The van der Waals surface area contributed by atoms with Crippen LogP contribution in [-0.4, -0.2) is 41.8 Å². The van der Waals surface area contributed by atoms with Crippen LogP contribution in [0.25, 0.3) is 0 Å². The fourth-order valence-corrected chi connectivity index (χ4v) is 3.27. The molecule has 0 spiro atoms. The normalized spacial score (nSPS) is 25.0. The first-order chi connectivity index (χ1) is 11.6. The first-order valence-electron chi connectivity index (χ1n) is 8.96. The van der Waals surface area contributed by atoms with Crippen LogP contribution in [0.1, 0.15) is 45.6 Å². The van der Waals surface area contributed by atoms with Crippen LogP contribution < -0.4 is 15.4 Å². The SMILES string of the molecule is CCNC(=NCc1ccc(OC(C)C)nc1)NC1CC2CCC1O2.I. The molecular weight excluding hydrogens is 431 g/mol. The molecule has 0 radical (unpaired) electrons. The van der Waals surface area contributed by atoms with Gasteiger partial charge in [-0.3, -0.25) is 0 Å². The second kappa shape index (κ2) is 9.56. The second-order valence-corrected chi connectivity index (χ2v) is 6.73. The highest BCUT2D eigenvalue weighted by Crippen LogP contribution is 2.34. The number of hydrogen-bond donors (Lipinski definition) is 2. The zero-order valence-corrected chi connectivity index (χ0v) is 17.5. The molecular formula is C18H29IN4O2. The maximum atomic E-state index is 5.90. The van der Waals surface area contributed by atoms with Gasteiger partial charge in [-0.15, -0.1) is 24.0 Å². The summed E-state index contributed by atoms with van der Waals surface area (Å²) >= 11 is 0. The van der Waals surface area contributed by atoms with E-state index < -0.39 is 0 Å². The number of nitrogens with zero attached hydrogens (tertiary/aromatic N) is 2. The molecule has 6 nitrogen and oxygen atoms in total. The minimum atomic E-state index is 0. The Kier molecular flexibility index (Phi) is 7.74. The Morgan fingerprint density at radius 2 is 2.24 bits per heavy atom. The van der Waals surface area contributed by atoms with Crippen molar-refractivity contribution >= 4 is 29.9 Å². The summed E-state index contributed by atoms with van der Waals surface area (Å²) in [7, 11) is 0. The van der Waals surface area contributed by atoms with Gasteiger partial charge in [0.1, 0.15) is 0 Å². The molecule has 2 aliphatic heterocycles. The molecule has 3 heterocycles. The number of ether oxygens (including phenoxy) is 2.